The molecule has 1 rings (SSSR count). The number of aryl methyl sites for hydroxylation is 1. The summed E-state index contributed by atoms with van der Waals surface area (Å²) in [5.74, 6) is -3.55. The maximum Gasteiger partial charge on any atom is 0.407 e. The first kappa shape index (κ1) is 19.3. The summed E-state index contributed by atoms with van der Waals surface area (Å²) in [6.45, 7) is 5.36. The van der Waals surface area contributed by atoms with Crippen LogP contribution in [0.4, 0.5) is 18.0 Å². The number of alkyl halides is 2. The van der Waals surface area contributed by atoms with Crippen molar-refractivity contribution in [1.82, 2.24) is 10.6 Å². The van der Waals surface area contributed by atoms with E-state index in [-0.39, 0.29) is 6.54 Å². The van der Waals surface area contributed by atoms with Gasteiger partial charge in [-0.1, -0.05) is 6.07 Å². The lowest BCUT2D eigenvalue weighted by Crippen LogP contribution is -2.44. The van der Waals surface area contributed by atoms with Gasteiger partial charge in [0.25, 0.3) is 5.92 Å². The highest BCUT2D eigenvalue weighted by Gasteiger charge is 2.30. The van der Waals surface area contributed by atoms with Crippen molar-refractivity contribution < 1.29 is 22.7 Å². The third-order valence-corrected chi connectivity index (χ3v) is 2.90. The Balaban J connectivity index is 2.40. The Morgan fingerprint density at radius 2 is 1.87 bits per heavy atom. The molecule has 0 spiro atoms. The summed E-state index contributed by atoms with van der Waals surface area (Å²) in [6, 6.07) is 4.21. The van der Waals surface area contributed by atoms with Crippen molar-refractivity contribution in [3.8, 4) is 0 Å². The Bertz CT molecular complexity index is 543. The molecule has 0 aliphatic heterocycles. The maximum absolute atomic E-state index is 13.7. The van der Waals surface area contributed by atoms with Crippen molar-refractivity contribution in [2.24, 2.45) is 0 Å². The van der Waals surface area contributed by atoms with E-state index in [2.05, 4.69) is 5.32 Å². The molecule has 2 N–H and O–H groups in total. The summed E-state index contributed by atoms with van der Waals surface area (Å²) >= 11 is 0. The number of hydrogen-bond acceptors (Lipinski definition) is 3. The molecule has 0 saturated heterocycles. The van der Waals surface area contributed by atoms with Gasteiger partial charge in [0.2, 0.25) is 0 Å². The van der Waals surface area contributed by atoms with Gasteiger partial charge in [0.15, 0.2) is 0 Å². The van der Waals surface area contributed by atoms with Gasteiger partial charge >= 0.3 is 6.09 Å². The van der Waals surface area contributed by atoms with Crippen molar-refractivity contribution in [3.63, 3.8) is 0 Å². The van der Waals surface area contributed by atoms with Crippen LogP contribution in [0.15, 0.2) is 18.2 Å². The fraction of sp³-hybridized carbons (Fsp3) is 0.562. The molecule has 0 bridgehead atoms. The maximum atomic E-state index is 13.7. The molecule has 0 fully saturated rings. The summed E-state index contributed by atoms with van der Waals surface area (Å²) < 4.78 is 45.4. The molecule has 0 aliphatic carbocycles. The van der Waals surface area contributed by atoms with Crippen LogP contribution in [0.25, 0.3) is 0 Å². The highest BCUT2D eigenvalue weighted by Crippen LogP contribution is 2.14. The number of rotatable bonds is 6. The van der Waals surface area contributed by atoms with Gasteiger partial charge in [-0.3, -0.25) is 0 Å². The Morgan fingerprint density at radius 3 is 2.48 bits per heavy atom. The number of benzene rings is 1. The second-order valence-corrected chi connectivity index (χ2v) is 6.39. The zero-order valence-corrected chi connectivity index (χ0v) is 13.8. The van der Waals surface area contributed by atoms with Crippen molar-refractivity contribution in [2.75, 3.05) is 13.1 Å². The van der Waals surface area contributed by atoms with Crippen LogP contribution in [0.1, 0.15) is 31.9 Å². The summed E-state index contributed by atoms with van der Waals surface area (Å²) in [4.78, 5) is 11.4. The molecule has 1 amide bonds. The molecule has 1 aromatic rings. The van der Waals surface area contributed by atoms with Crippen LogP contribution in [0, 0.1) is 12.7 Å². The lowest BCUT2D eigenvalue weighted by atomic mass is 10.1. The van der Waals surface area contributed by atoms with E-state index in [0.29, 0.717) is 5.56 Å². The Hall–Kier alpha value is -1.76. The van der Waals surface area contributed by atoms with Crippen molar-refractivity contribution in [3.05, 3.63) is 35.1 Å². The molecule has 23 heavy (non-hydrogen) atoms. The van der Waals surface area contributed by atoms with E-state index in [1.54, 1.807) is 33.8 Å². The standard InChI is InChI=1S/C16H23F3N2O2/c1-11-5-6-13(17)7-12(11)8-20-9-16(18,19)10-21-14(22)23-15(2,3)4/h5-7,20H,8-10H2,1-4H3,(H,21,22). The molecule has 0 atom stereocenters. The minimum absolute atomic E-state index is 0.117. The summed E-state index contributed by atoms with van der Waals surface area (Å²) in [5.41, 5.74) is 0.682. The number of ether oxygens (including phenoxy) is 1. The van der Waals surface area contributed by atoms with E-state index in [0.717, 1.165) is 5.56 Å². The van der Waals surface area contributed by atoms with Gasteiger partial charge in [-0.2, -0.15) is 0 Å². The van der Waals surface area contributed by atoms with Crippen LogP contribution in [-0.4, -0.2) is 30.7 Å². The predicted molar refractivity (Wildman–Crippen MR) is 82.0 cm³/mol. The molecule has 1 aromatic carbocycles. The monoisotopic (exact) mass is 332 g/mol. The van der Waals surface area contributed by atoms with Crippen molar-refractivity contribution in [2.45, 2.75) is 45.8 Å². The predicted octanol–water partition coefficient (Wildman–Crippen LogP) is 3.38. The number of carbonyl (C=O) groups excluding carboxylic acids is 1. The van der Waals surface area contributed by atoms with Gasteiger partial charge in [-0.05, 0) is 51.0 Å². The van der Waals surface area contributed by atoms with Gasteiger partial charge in [-0.15, -0.1) is 0 Å². The van der Waals surface area contributed by atoms with Crippen LogP contribution < -0.4 is 10.6 Å². The summed E-state index contributed by atoms with van der Waals surface area (Å²) in [6.07, 6.45) is -0.891. The molecular formula is C16H23F3N2O2. The van der Waals surface area contributed by atoms with E-state index >= 15 is 0 Å². The summed E-state index contributed by atoms with van der Waals surface area (Å²) in [5, 5.41) is 4.61. The number of halogens is 3. The number of amides is 1. The minimum Gasteiger partial charge on any atom is -0.444 e. The first-order valence-electron chi connectivity index (χ1n) is 7.29. The molecule has 0 unspecified atom stereocenters. The second-order valence-electron chi connectivity index (χ2n) is 6.39. The number of nitrogens with one attached hydrogen (secondary N) is 2. The normalized spacial score (nSPS) is 12.1. The fourth-order valence-corrected chi connectivity index (χ4v) is 1.79. The molecular weight excluding hydrogens is 309 g/mol. The van der Waals surface area contributed by atoms with Crippen LogP contribution in [0.5, 0.6) is 0 Å². The number of alkyl carbamates (subject to hydrolysis) is 1. The first-order chi connectivity index (χ1) is 10.5. The lowest BCUT2D eigenvalue weighted by molar-refractivity contribution is -0.00377. The molecule has 0 saturated carbocycles. The van der Waals surface area contributed by atoms with Crippen LogP contribution in [0.3, 0.4) is 0 Å². The Labute approximate surface area is 134 Å². The van der Waals surface area contributed by atoms with Gasteiger partial charge < -0.3 is 15.4 Å². The van der Waals surface area contributed by atoms with E-state index < -0.39 is 36.5 Å². The van der Waals surface area contributed by atoms with E-state index in [1.165, 1.54) is 12.1 Å². The highest BCUT2D eigenvalue weighted by molar-refractivity contribution is 5.67. The van der Waals surface area contributed by atoms with E-state index in [1.807, 2.05) is 5.32 Å². The van der Waals surface area contributed by atoms with Crippen molar-refractivity contribution in [1.29, 1.82) is 0 Å². The van der Waals surface area contributed by atoms with Gasteiger partial charge in [0.05, 0.1) is 13.1 Å². The third-order valence-electron chi connectivity index (χ3n) is 2.90. The van der Waals surface area contributed by atoms with Crippen LogP contribution in [-0.2, 0) is 11.3 Å². The lowest BCUT2D eigenvalue weighted by Gasteiger charge is -2.22. The molecule has 4 nitrogen and oxygen atoms in total. The van der Waals surface area contributed by atoms with Gasteiger partial charge in [0, 0.05) is 6.54 Å². The smallest absolute Gasteiger partial charge is 0.407 e. The molecule has 130 valence electrons. The highest BCUT2D eigenvalue weighted by atomic mass is 19.3. The summed E-state index contributed by atoms with van der Waals surface area (Å²) in [7, 11) is 0. The average Bonchev–Trinajstić information content (AvgIpc) is 2.39. The minimum atomic E-state index is -3.14. The zero-order chi connectivity index (χ0) is 17.7. The topological polar surface area (TPSA) is 50.4 Å². The average molecular weight is 332 g/mol. The molecule has 0 aliphatic rings. The largest absolute Gasteiger partial charge is 0.444 e. The van der Waals surface area contributed by atoms with Gasteiger partial charge in [0.1, 0.15) is 11.4 Å². The quantitative estimate of drug-likeness (QED) is 0.840. The third kappa shape index (κ3) is 7.88. The molecule has 0 heterocycles. The molecule has 0 aromatic heterocycles. The Morgan fingerprint density at radius 1 is 1.22 bits per heavy atom. The van der Waals surface area contributed by atoms with Gasteiger partial charge in [-0.25, -0.2) is 18.0 Å². The van der Waals surface area contributed by atoms with E-state index in [4.69, 9.17) is 4.74 Å². The van der Waals surface area contributed by atoms with Crippen molar-refractivity contribution >= 4 is 6.09 Å². The first-order valence-corrected chi connectivity index (χ1v) is 7.29. The zero-order valence-electron chi connectivity index (χ0n) is 13.8. The van der Waals surface area contributed by atoms with E-state index in [9.17, 15) is 18.0 Å². The Kier molecular flexibility index (Phi) is 6.44. The second kappa shape index (κ2) is 7.68. The molecule has 7 heteroatoms. The molecule has 0 radical (unpaired) electrons. The fourth-order valence-electron chi connectivity index (χ4n) is 1.79. The van der Waals surface area contributed by atoms with Crippen LogP contribution >= 0.6 is 0 Å². The van der Waals surface area contributed by atoms with Crippen LogP contribution in [0.2, 0.25) is 0 Å². The SMILES string of the molecule is Cc1ccc(F)cc1CNCC(F)(F)CNC(=O)OC(C)(C)C. The number of carbonyl (C=O) groups is 1. The number of hydrogen-bond donors (Lipinski definition) is 2.